The van der Waals surface area contributed by atoms with Crippen LogP contribution in [0.5, 0.6) is 0 Å². The van der Waals surface area contributed by atoms with Crippen molar-refractivity contribution >= 4 is 43.3 Å². The van der Waals surface area contributed by atoms with Crippen LogP contribution in [0, 0.1) is 0 Å². The number of sulfone groups is 1. The van der Waals surface area contributed by atoms with Gasteiger partial charge in [-0.3, -0.25) is 4.79 Å². The van der Waals surface area contributed by atoms with Crippen LogP contribution in [0.3, 0.4) is 0 Å². The Morgan fingerprint density at radius 3 is 2.39 bits per heavy atom. The SMILES string of the molecule is O=C(CCS(=O)(=O)c1ccc(Br)cc1)NCc1ccccc1Cl. The van der Waals surface area contributed by atoms with Gasteiger partial charge in [0.15, 0.2) is 9.84 Å². The molecule has 0 saturated carbocycles. The number of hydrogen-bond donors (Lipinski definition) is 1. The predicted molar refractivity (Wildman–Crippen MR) is 94.1 cm³/mol. The Kier molecular flexibility index (Phi) is 6.21. The first kappa shape index (κ1) is 18.0. The molecule has 0 atom stereocenters. The zero-order valence-corrected chi connectivity index (χ0v) is 15.3. The molecule has 1 amide bonds. The van der Waals surface area contributed by atoms with Crippen molar-refractivity contribution in [2.24, 2.45) is 0 Å². The molecule has 122 valence electrons. The molecule has 0 unspecified atom stereocenters. The van der Waals surface area contributed by atoms with Crippen molar-refractivity contribution in [1.29, 1.82) is 0 Å². The van der Waals surface area contributed by atoms with Crippen molar-refractivity contribution in [2.75, 3.05) is 5.75 Å². The smallest absolute Gasteiger partial charge is 0.221 e. The van der Waals surface area contributed by atoms with Crippen molar-refractivity contribution in [1.82, 2.24) is 5.32 Å². The molecule has 2 aromatic rings. The third-order valence-corrected chi connectivity index (χ3v) is 5.83. The van der Waals surface area contributed by atoms with Gasteiger partial charge in [0, 0.05) is 22.5 Å². The lowest BCUT2D eigenvalue weighted by Crippen LogP contribution is -2.25. The first-order chi connectivity index (χ1) is 10.9. The third kappa shape index (κ3) is 5.34. The summed E-state index contributed by atoms with van der Waals surface area (Å²) in [5, 5.41) is 3.24. The molecule has 1 N–H and O–H groups in total. The summed E-state index contributed by atoms with van der Waals surface area (Å²) in [5.41, 5.74) is 0.790. The van der Waals surface area contributed by atoms with E-state index in [9.17, 15) is 13.2 Å². The number of nitrogens with one attached hydrogen (secondary N) is 1. The molecular formula is C16H15BrClNO3S. The van der Waals surface area contributed by atoms with Gasteiger partial charge in [0.2, 0.25) is 5.91 Å². The summed E-state index contributed by atoms with van der Waals surface area (Å²) in [4.78, 5) is 12.0. The molecule has 0 aliphatic carbocycles. The lowest BCUT2D eigenvalue weighted by atomic mass is 10.2. The van der Waals surface area contributed by atoms with Crippen molar-refractivity contribution in [3.8, 4) is 0 Å². The summed E-state index contributed by atoms with van der Waals surface area (Å²) in [5.74, 6) is -0.561. The Labute approximate surface area is 148 Å². The van der Waals surface area contributed by atoms with Gasteiger partial charge in [-0.05, 0) is 35.9 Å². The minimum atomic E-state index is -3.47. The number of amides is 1. The molecule has 23 heavy (non-hydrogen) atoms. The van der Waals surface area contributed by atoms with Crippen molar-refractivity contribution in [3.63, 3.8) is 0 Å². The second-order valence-electron chi connectivity index (χ2n) is 4.89. The Morgan fingerprint density at radius 1 is 1.09 bits per heavy atom. The van der Waals surface area contributed by atoms with Gasteiger partial charge in [0.1, 0.15) is 0 Å². The maximum Gasteiger partial charge on any atom is 0.221 e. The summed E-state index contributed by atoms with van der Waals surface area (Å²) < 4.78 is 25.1. The first-order valence-electron chi connectivity index (χ1n) is 6.87. The van der Waals surface area contributed by atoms with E-state index in [0.29, 0.717) is 5.02 Å². The molecule has 7 heteroatoms. The van der Waals surface area contributed by atoms with Gasteiger partial charge in [-0.2, -0.15) is 0 Å². The molecule has 0 radical (unpaired) electrons. The summed E-state index contributed by atoms with van der Waals surface area (Å²) in [6.45, 7) is 0.275. The summed E-state index contributed by atoms with van der Waals surface area (Å²) in [6.07, 6.45) is -0.0944. The van der Waals surface area contributed by atoms with Gasteiger partial charge in [0.05, 0.1) is 10.6 Å². The van der Waals surface area contributed by atoms with Crippen LogP contribution in [0.25, 0.3) is 0 Å². The number of benzene rings is 2. The molecule has 0 aromatic heterocycles. The molecule has 0 spiro atoms. The summed E-state index contributed by atoms with van der Waals surface area (Å²) >= 11 is 9.25. The zero-order chi connectivity index (χ0) is 16.9. The highest BCUT2D eigenvalue weighted by Crippen LogP contribution is 2.17. The first-order valence-corrected chi connectivity index (χ1v) is 9.69. The molecular weight excluding hydrogens is 402 g/mol. The number of rotatable bonds is 6. The van der Waals surface area contributed by atoms with E-state index in [1.807, 2.05) is 6.07 Å². The standard InChI is InChI=1S/C16H15BrClNO3S/c17-13-5-7-14(8-6-13)23(21,22)10-9-16(20)19-11-12-3-1-2-4-15(12)18/h1-8H,9-11H2,(H,19,20). The molecule has 2 rings (SSSR count). The van der Waals surface area contributed by atoms with Crippen LogP contribution in [0.15, 0.2) is 57.9 Å². The number of carbonyl (C=O) groups is 1. The van der Waals surface area contributed by atoms with Gasteiger partial charge in [-0.15, -0.1) is 0 Å². The fourth-order valence-electron chi connectivity index (χ4n) is 1.91. The van der Waals surface area contributed by atoms with E-state index < -0.39 is 9.84 Å². The highest BCUT2D eigenvalue weighted by atomic mass is 79.9. The Bertz CT molecular complexity index is 791. The van der Waals surface area contributed by atoms with E-state index in [1.54, 1.807) is 30.3 Å². The highest BCUT2D eigenvalue weighted by Gasteiger charge is 2.16. The topological polar surface area (TPSA) is 63.2 Å². The van der Waals surface area contributed by atoms with Gasteiger partial charge in [0.25, 0.3) is 0 Å². The van der Waals surface area contributed by atoms with Gasteiger partial charge < -0.3 is 5.32 Å². The van der Waals surface area contributed by atoms with Gasteiger partial charge >= 0.3 is 0 Å². The van der Waals surface area contributed by atoms with Crippen LogP contribution in [-0.2, 0) is 21.2 Å². The van der Waals surface area contributed by atoms with Crippen molar-refractivity contribution < 1.29 is 13.2 Å². The molecule has 2 aromatic carbocycles. The van der Waals surface area contributed by atoms with Crippen LogP contribution in [0.2, 0.25) is 5.02 Å². The lowest BCUT2D eigenvalue weighted by molar-refractivity contribution is -0.120. The molecule has 0 saturated heterocycles. The molecule has 0 heterocycles. The van der Waals surface area contributed by atoms with Crippen LogP contribution < -0.4 is 5.32 Å². The quantitative estimate of drug-likeness (QED) is 0.783. The molecule has 0 fully saturated rings. The van der Waals surface area contributed by atoms with Crippen LogP contribution in [0.1, 0.15) is 12.0 Å². The number of carbonyl (C=O) groups excluding carboxylic acids is 1. The predicted octanol–water partition coefficient (Wildman–Crippen LogP) is 3.58. The van der Waals surface area contributed by atoms with E-state index in [4.69, 9.17) is 11.6 Å². The average molecular weight is 417 g/mol. The van der Waals surface area contributed by atoms with Crippen molar-refractivity contribution in [3.05, 3.63) is 63.6 Å². The lowest BCUT2D eigenvalue weighted by Gasteiger charge is -2.08. The molecule has 0 bridgehead atoms. The van der Waals surface area contributed by atoms with Crippen LogP contribution in [-0.4, -0.2) is 20.1 Å². The van der Waals surface area contributed by atoms with E-state index in [1.165, 1.54) is 12.1 Å². The van der Waals surface area contributed by atoms with E-state index in [2.05, 4.69) is 21.2 Å². The Hall–Kier alpha value is -1.37. The monoisotopic (exact) mass is 415 g/mol. The second-order valence-corrected chi connectivity index (χ2v) is 8.32. The second kappa shape index (κ2) is 7.95. The fraction of sp³-hybridized carbons (Fsp3) is 0.188. The number of hydrogen-bond acceptors (Lipinski definition) is 3. The molecule has 0 aliphatic heterocycles. The van der Waals surface area contributed by atoms with Gasteiger partial charge in [-0.25, -0.2) is 8.42 Å². The fourth-order valence-corrected chi connectivity index (χ4v) is 3.62. The maximum absolute atomic E-state index is 12.2. The maximum atomic E-state index is 12.2. The van der Waals surface area contributed by atoms with E-state index in [-0.39, 0.29) is 29.5 Å². The van der Waals surface area contributed by atoms with Crippen LogP contribution in [0.4, 0.5) is 0 Å². The zero-order valence-electron chi connectivity index (χ0n) is 12.1. The Balaban J connectivity index is 1.89. The summed E-state index contributed by atoms with van der Waals surface area (Å²) in [7, 11) is -3.47. The molecule has 4 nitrogen and oxygen atoms in total. The van der Waals surface area contributed by atoms with Crippen LogP contribution >= 0.6 is 27.5 Å². The normalized spacial score (nSPS) is 11.2. The van der Waals surface area contributed by atoms with E-state index in [0.717, 1.165) is 10.0 Å². The average Bonchev–Trinajstić information content (AvgIpc) is 2.53. The largest absolute Gasteiger partial charge is 0.352 e. The summed E-state index contributed by atoms with van der Waals surface area (Å²) in [6, 6.07) is 13.5. The minimum Gasteiger partial charge on any atom is -0.352 e. The van der Waals surface area contributed by atoms with Crippen molar-refractivity contribution in [2.45, 2.75) is 17.9 Å². The Morgan fingerprint density at radius 2 is 1.74 bits per heavy atom. The number of halogens is 2. The minimum absolute atomic E-state index is 0.0944. The molecule has 0 aliphatic rings. The highest BCUT2D eigenvalue weighted by molar-refractivity contribution is 9.10. The third-order valence-electron chi connectivity index (χ3n) is 3.20. The van der Waals surface area contributed by atoms with E-state index >= 15 is 0 Å². The van der Waals surface area contributed by atoms with Gasteiger partial charge in [-0.1, -0.05) is 45.7 Å².